The Hall–Kier alpha value is -1.25. The Labute approximate surface area is 112 Å². The molecule has 0 spiro atoms. The molecule has 0 amide bonds. The number of nitrogens with zero attached hydrogens (tertiary/aromatic N) is 2. The molecule has 0 atom stereocenters. The molecule has 3 N–H and O–H groups in total. The lowest BCUT2D eigenvalue weighted by Crippen LogP contribution is -2.26. The number of sulfonamides is 1. The highest BCUT2D eigenvalue weighted by Crippen LogP contribution is 2.28. The lowest BCUT2D eigenvalue weighted by atomic mass is 10.4. The SMILES string of the molecule is Nc1ncc(S(=O)(=O)NCCCOCC2CC2)cn1. The van der Waals surface area contributed by atoms with Gasteiger partial charge < -0.3 is 10.5 Å². The largest absolute Gasteiger partial charge is 0.381 e. The van der Waals surface area contributed by atoms with Gasteiger partial charge in [0, 0.05) is 19.8 Å². The van der Waals surface area contributed by atoms with E-state index in [1.54, 1.807) is 0 Å². The second-order valence-corrected chi connectivity index (χ2v) is 6.31. The molecule has 0 bridgehead atoms. The molecule has 1 saturated carbocycles. The van der Waals surface area contributed by atoms with Crippen molar-refractivity contribution in [1.29, 1.82) is 0 Å². The normalized spacial score (nSPS) is 15.6. The van der Waals surface area contributed by atoms with Crippen LogP contribution in [-0.4, -0.2) is 38.1 Å². The van der Waals surface area contributed by atoms with Gasteiger partial charge in [-0.25, -0.2) is 23.1 Å². The van der Waals surface area contributed by atoms with Crippen LogP contribution in [0.3, 0.4) is 0 Å². The molecule has 1 heterocycles. The van der Waals surface area contributed by atoms with Crippen LogP contribution in [0.5, 0.6) is 0 Å². The van der Waals surface area contributed by atoms with Gasteiger partial charge in [-0.3, -0.25) is 0 Å². The van der Waals surface area contributed by atoms with Crippen LogP contribution >= 0.6 is 0 Å². The van der Waals surface area contributed by atoms with Crippen molar-refractivity contribution >= 4 is 16.0 Å². The molecule has 1 aromatic rings. The number of ether oxygens (including phenoxy) is 1. The number of hydrogen-bond donors (Lipinski definition) is 2. The van der Waals surface area contributed by atoms with E-state index in [2.05, 4.69) is 14.7 Å². The van der Waals surface area contributed by atoms with Gasteiger partial charge >= 0.3 is 0 Å². The second kappa shape index (κ2) is 6.27. The first-order valence-corrected chi connectivity index (χ1v) is 7.71. The highest BCUT2D eigenvalue weighted by Gasteiger charge is 2.21. The van der Waals surface area contributed by atoms with Crippen LogP contribution in [0, 0.1) is 5.92 Å². The van der Waals surface area contributed by atoms with Gasteiger partial charge in [-0.2, -0.15) is 0 Å². The summed E-state index contributed by atoms with van der Waals surface area (Å²) in [4.78, 5) is 7.32. The van der Waals surface area contributed by atoms with Gasteiger partial charge in [0.2, 0.25) is 16.0 Å². The molecule has 0 aromatic carbocycles. The minimum atomic E-state index is -3.55. The quantitative estimate of drug-likeness (QED) is 0.659. The maximum Gasteiger partial charge on any atom is 0.243 e. The summed E-state index contributed by atoms with van der Waals surface area (Å²) < 4.78 is 31.5. The van der Waals surface area contributed by atoms with Crippen molar-refractivity contribution < 1.29 is 13.2 Å². The number of nitrogen functional groups attached to an aromatic ring is 1. The first kappa shape index (κ1) is 14.2. The van der Waals surface area contributed by atoms with Crippen molar-refractivity contribution in [3.63, 3.8) is 0 Å². The standard InChI is InChI=1S/C11H18N4O3S/c12-11-13-6-10(7-14-11)19(16,17)15-4-1-5-18-8-9-2-3-9/h6-7,9,15H,1-5,8H2,(H2,12,13,14). The van der Waals surface area contributed by atoms with Crippen LogP contribution in [-0.2, 0) is 14.8 Å². The lowest BCUT2D eigenvalue weighted by molar-refractivity contribution is 0.123. The van der Waals surface area contributed by atoms with E-state index < -0.39 is 10.0 Å². The molecular formula is C11H18N4O3S. The van der Waals surface area contributed by atoms with Gasteiger partial charge in [-0.1, -0.05) is 0 Å². The monoisotopic (exact) mass is 286 g/mol. The van der Waals surface area contributed by atoms with Gasteiger partial charge in [0.1, 0.15) is 4.90 Å². The van der Waals surface area contributed by atoms with E-state index in [1.807, 2.05) is 0 Å². The molecule has 0 saturated heterocycles. The summed E-state index contributed by atoms with van der Waals surface area (Å²) in [5.74, 6) is 0.774. The van der Waals surface area contributed by atoms with Crippen molar-refractivity contribution in [2.75, 3.05) is 25.5 Å². The van der Waals surface area contributed by atoms with Crippen molar-refractivity contribution in [3.8, 4) is 0 Å². The summed E-state index contributed by atoms with van der Waals surface area (Å²) in [7, 11) is -3.55. The highest BCUT2D eigenvalue weighted by atomic mass is 32.2. The Balaban J connectivity index is 1.69. The summed E-state index contributed by atoms with van der Waals surface area (Å²) in [6.45, 7) is 1.69. The third kappa shape index (κ3) is 4.73. The third-order valence-corrected chi connectivity index (χ3v) is 4.18. The van der Waals surface area contributed by atoms with E-state index in [1.165, 1.54) is 25.2 Å². The fourth-order valence-electron chi connectivity index (χ4n) is 1.46. The molecule has 1 aliphatic carbocycles. The second-order valence-electron chi connectivity index (χ2n) is 4.55. The van der Waals surface area contributed by atoms with E-state index in [0.717, 1.165) is 12.5 Å². The molecule has 1 fully saturated rings. The van der Waals surface area contributed by atoms with Crippen LogP contribution in [0.25, 0.3) is 0 Å². The zero-order valence-corrected chi connectivity index (χ0v) is 11.4. The van der Waals surface area contributed by atoms with Crippen LogP contribution in [0.15, 0.2) is 17.3 Å². The van der Waals surface area contributed by atoms with Crippen LogP contribution in [0.1, 0.15) is 19.3 Å². The smallest absolute Gasteiger partial charge is 0.243 e. The molecular weight excluding hydrogens is 268 g/mol. The molecule has 1 aliphatic rings. The predicted molar refractivity (Wildman–Crippen MR) is 69.8 cm³/mol. The first-order chi connectivity index (χ1) is 9.08. The van der Waals surface area contributed by atoms with E-state index in [0.29, 0.717) is 19.6 Å². The lowest BCUT2D eigenvalue weighted by Gasteiger charge is -2.06. The number of aromatic nitrogens is 2. The Morgan fingerprint density at radius 1 is 1.37 bits per heavy atom. The summed E-state index contributed by atoms with van der Waals surface area (Å²) in [6, 6.07) is 0. The van der Waals surface area contributed by atoms with Crippen molar-refractivity contribution in [3.05, 3.63) is 12.4 Å². The first-order valence-electron chi connectivity index (χ1n) is 6.23. The van der Waals surface area contributed by atoms with E-state index >= 15 is 0 Å². The number of nitrogens with two attached hydrogens (primary N) is 1. The Morgan fingerprint density at radius 2 is 2.05 bits per heavy atom. The summed E-state index contributed by atoms with van der Waals surface area (Å²) >= 11 is 0. The minimum Gasteiger partial charge on any atom is -0.381 e. The predicted octanol–water partition coefficient (Wildman–Crippen LogP) is 0.154. The molecule has 19 heavy (non-hydrogen) atoms. The number of nitrogens with one attached hydrogen (secondary N) is 1. The van der Waals surface area contributed by atoms with E-state index in [4.69, 9.17) is 10.5 Å². The van der Waals surface area contributed by atoms with Gasteiger partial charge in [0.05, 0.1) is 12.4 Å². The van der Waals surface area contributed by atoms with Gasteiger partial charge in [0.25, 0.3) is 0 Å². The maximum absolute atomic E-state index is 11.8. The van der Waals surface area contributed by atoms with Crippen molar-refractivity contribution in [2.24, 2.45) is 5.92 Å². The van der Waals surface area contributed by atoms with E-state index in [-0.39, 0.29) is 10.8 Å². The Morgan fingerprint density at radius 3 is 2.68 bits per heavy atom. The average Bonchev–Trinajstić information content (AvgIpc) is 3.18. The topological polar surface area (TPSA) is 107 Å². The Kier molecular flexibility index (Phi) is 4.67. The number of hydrogen-bond acceptors (Lipinski definition) is 6. The molecule has 2 rings (SSSR count). The minimum absolute atomic E-state index is 0.0144. The number of rotatable bonds is 8. The number of anilines is 1. The Bertz CT molecular complexity index is 499. The fourth-order valence-corrected chi connectivity index (χ4v) is 2.43. The zero-order valence-electron chi connectivity index (χ0n) is 10.6. The third-order valence-electron chi connectivity index (χ3n) is 2.77. The van der Waals surface area contributed by atoms with Crippen molar-refractivity contribution in [2.45, 2.75) is 24.2 Å². The molecule has 106 valence electrons. The van der Waals surface area contributed by atoms with Crippen LogP contribution in [0.2, 0.25) is 0 Å². The van der Waals surface area contributed by atoms with Gasteiger partial charge in [-0.05, 0) is 25.2 Å². The van der Waals surface area contributed by atoms with Gasteiger partial charge in [0.15, 0.2) is 0 Å². The molecule has 0 aliphatic heterocycles. The summed E-state index contributed by atoms with van der Waals surface area (Å²) in [5.41, 5.74) is 5.30. The summed E-state index contributed by atoms with van der Waals surface area (Å²) in [5, 5.41) is 0. The van der Waals surface area contributed by atoms with Gasteiger partial charge in [-0.15, -0.1) is 0 Å². The highest BCUT2D eigenvalue weighted by molar-refractivity contribution is 7.89. The fraction of sp³-hybridized carbons (Fsp3) is 0.636. The molecule has 8 heteroatoms. The van der Waals surface area contributed by atoms with Crippen molar-refractivity contribution in [1.82, 2.24) is 14.7 Å². The maximum atomic E-state index is 11.8. The van der Waals surface area contributed by atoms with Crippen LogP contribution < -0.4 is 10.5 Å². The molecule has 7 nitrogen and oxygen atoms in total. The molecule has 1 aromatic heterocycles. The average molecular weight is 286 g/mol. The molecule has 0 radical (unpaired) electrons. The zero-order chi connectivity index (χ0) is 13.7. The molecule has 0 unspecified atom stereocenters. The van der Waals surface area contributed by atoms with Crippen LogP contribution in [0.4, 0.5) is 5.95 Å². The van der Waals surface area contributed by atoms with E-state index in [9.17, 15) is 8.42 Å². The summed E-state index contributed by atoms with van der Waals surface area (Å²) in [6.07, 6.45) is 5.53.